The van der Waals surface area contributed by atoms with Crippen molar-refractivity contribution in [2.45, 2.75) is 297 Å². The van der Waals surface area contributed by atoms with Crippen molar-refractivity contribution >= 4 is 17.9 Å². The van der Waals surface area contributed by atoms with Crippen LogP contribution in [0.1, 0.15) is 290 Å². The first kappa shape index (κ1) is 62.4. The van der Waals surface area contributed by atoms with Gasteiger partial charge in [0, 0.05) is 19.3 Å². The van der Waals surface area contributed by atoms with E-state index >= 15 is 0 Å². The van der Waals surface area contributed by atoms with Gasteiger partial charge in [0.25, 0.3) is 0 Å². The van der Waals surface area contributed by atoms with Crippen molar-refractivity contribution in [2.24, 2.45) is 0 Å². The number of ether oxygens (including phenoxy) is 3. The van der Waals surface area contributed by atoms with Crippen LogP contribution in [0, 0.1) is 0 Å². The van der Waals surface area contributed by atoms with Crippen LogP contribution in [0.25, 0.3) is 0 Å². The Morgan fingerprint density at radius 2 is 0.554 bits per heavy atom. The van der Waals surface area contributed by atoms with E-state index < -0.39 is 6.10 Å². The van der Waals surface area contributed by atoms with Crippen molar-refractivity contribution in [1.82, 2.24) is 0 Å². The summed E-state index contributed by atoms with van der Waals surface area (Å²) in [6, 6.07) is 0. The van der Waals surface area contributed by atoms with E-state index in [1.54, 1.807) is 0 Å². The van der Waals surface area contributed by atoms with Crippen molar-refractivity contribution in [3.63, 3.8) is 0 Å². The van der Waals surface area contributed by atoms with Crippen LogP contribution >= 0.6 is 0 Å². The molecule has 0 saturated heterocycles. The van der Waals surface area contributed by atoms with Crippen LogP contribution in [0.2, 0.25) is 0 Å². The number of carbonyl (C=O) groups excluding carboxylic acids is 3. The molecule has 1 unspecified atom stereocenters. The second kappa shape index (κ2) is 54.0. The van der Waals surface area contributed by atoms with Gasteiger partial charge in [-0.3, -0.25) is 14.4 Å². The fraction of sp³-hybridized carbons (Fsp3) is 0.814. The maximum Gasteiger partial charge on any atom is 0.306 e. The second-order valence-corrected chi connectivity index (χ2v) is 18.8. The normalized spacial score (nSPS) is 12.4. The standard InChI is InChI=1S/C59H106O6/c1-4-7-10-13-16-19-22-25-28-29-30-32-34-37-40-43-46-49-52-58(61)64-55-56(54-63-57(60)51-48-45-42-39-36-33-27-24-21-18-15-12-9-6-3)65-59(62)53-50-47-44-41-38-35-31-26-23-20-17-14-11-8-5-2/h17,20,24,26-29,31,56H,4-16,18-19,21-23,25,30,32-55H2,1-3H3/b20-17-,27-24-,29-28-,31-26-. The van der Waals surface area contributed by atoms with Gasteiger partial charge < -0.3 is 14.2 Å². The Morgan fingerprint density at radius 1 is 0.308 bits per heavy atom. The molecule has 0 aliphatic rings. The van der Waals surface area contributed by atoms with Crippen molar-refractivity contribution in [1.29, 1.82) is 0 Å². The minimum absolute atomic E-state index is 0.0825. The molecule has 0 saturated carbocycles. The molecule has 0 radical (unpaired) electrons. The van der Waals surface area contributed by atoms with E-state index in [0.717, 1.165) is 89.9 Å². The molecule has 0 heterocycles. The summed E-state index contributed by atoms with van der Waals surface area (Å²) in [6.07, 6.45) is 65.2. The molecule has 0 N–H and O–H groups in total. The Bertz CT molecular complexity index is 1140. The summed E-state index contributed by atoms with van der Waals surface area (Å²) in [5, 5.41) is 0. The monoisotopic (exact) mass is 911 g/mol. The van der Waals surface area contributed by atoms with Crippen LogP contribution in [0.15, 0.2) is 48.6 Å². The quantitative estimate of drug-likeness (QED) is 0.0262. The minimum atomic E-state index is -0.784. The van der Waals surface area contributed by atoms with E-state index in [4.69, 9.17) is 14.2 Å². The molecular weight excluding hydrogens is 805 g/mol. The zero-order chi connectivity index (χ0) is 47.2. The lowest BCUT2D eigenvalue weighted by Gasteiger charge is -2.18. The molecule has 0 aliphatic carbocycles. The van der Waals surface area contributed by atoms with Gasteiger partial charge in [-0.1, -0.05) is 217 Å². The smallest absolute Gasteiger partial charge is 0.306 e. The molecule has 0 bridgehead atoms. The maximum absolute atomic E-state index is 12.8. The van der Waals surface area contributed by atoms with Crippen molar-refractivity contribution in [3.8, 4) is 0 Å². The van der Waals surface area contributed by atoms with Crippen LogP contribution in [0.3, 0.4) is 0 Å². The highest BCUT2D eigenvalue weighted by molar-refractivity contribution is 5.71. The summed E-state index contributed by atoms with van der Waals surface area (Å²) in [7, 11) is 0. The molecule has 6 heteroatoms. The van der Waals surface area contributed by atoms with Gasteiger partial charge in [-0.25, -0.2) is 0 Å². The Labute approximate surface area is 403 Å². The average Bonchev–Trinajstić information content (AvgIpc) is 3.30. The van der Waals surface area contributed by atoms with Gasteiger partial charge in [-0.15, -0.1) is 0 Å². The second-order valence-electron chi connectivity index (χ2n) is 18.8. The van der Waals surface area contributed by atoms with Crippen LogP contribution in [-0.4, -0.2) is 37.2 Å². The molecule has 0 spiro atoms. The first-order valence-corrected chi connectivity index (χ1v) is 28.1. The molecule has 1 atom stereocenters. The highest BCUT2D eigenvalue weighted by Gasteiger charge is 2.19. The molecule has 0 rings (SSSR count). The minimum Gasteiger partial charge on any atom is -0.462 e. The lowest BCUT2D eigenvalue weighted by molar-refractivity contribution is -0.167. The number of unbranched alkanes of at least 4 members (excludes halogenated alkanes) is 32. The van der Waals surface area contributed by atoms with Crippen LogP contribution < -0.4 is 0 Å². The number of hydrogen-bond donors (Lipinski definition) is 0. The average molecular weight is 911 g/mol. The summed E-state index contributed by atoms with van der Waals surface area (Å²) < 4.78 is 16.8. The van der Waals surface area contributed by atoms with Gasteiger partial charge in [0.2, 0.25) is 0 Å². The number of allylic oxidation sites excluding steroid dienone is 8. The lowest BCUT2D eigenvalue weighted by atomic mass is 10.1. The Kier molecular flexibility index (Phi) is 51.8. The fourth-order valence-corrected chi connectivity index (χ4v) is 7.99. The van der Waals surface area contributed by atoms with E-state index in [0.29, 0.717) is 19.3 Å². The Balaban J connectivity index is 4.39. The highest BCUT2D eigenvalue weighted by Crippen LogP contribution is 2.15. The van der Waals surface area contributed by atoms with Crippen LogP contribution in [-0.2, 0) is 28.6 Å². The maximum atomic E-state index is 12.8. The lowest BCUT2D eigenvalue weighted by Crippen LogP contribution is -2.30. The topological polar surface area (TPSA) is 78.9 Å². The molecule has 0 aliphatic heterocycles. The van der Waals surface area contributed by atoms with Gasteiger partial charge >= 0.3 is 17.9 Å². The van der Waals surface area contributed by atoms with E-state index in [-0.39, 0.29) is 31.1 Å². The third kappa shape index (κ3) is 52.2. The third-order valence-corrected chi connectivity index (χ3v) is 12.3. The van der Waals surface area contributed by atoms with E-state index in [1.165, 1.54) is 161 Å². The molecule has 0 fully saturated rings. The van der Waals surface area contributed by atoms with Crippen LogP contribution in [0.4, 0.5) is 0 Å². The fourth-order valence-electron chi connectivity index (χ4n) is 7.99. The Hall–Kier alpha value is -2.63. The molecule has 378 valence electrons. The molecule has 0 aromatic rings. The molecule has 0 aromatic carbocycles. The molecule has 65 heavy (non-hydrogen) atoms. The summed E-state index contributed by atoms with van der Waals surface area (Å²) >= 11 is 0. The highest BCUT2D eigenvalue weighted by atomic mass is 16.6. The van der Waals surface area contributed by atoms with Crippen molar-refractivity contribution < 1.29 is 28.6 Å². The number of hydrogen-bond acceptors (Lipinski definition) is 6. The van der Waals surface area contributed by atoms with Gasteiger partial charge in [0.05, 0.1) is 0 Å². The molecular formula is C59H106O6. The van der Waals surface area contributed by atoms with E-state index in [9.17, 15) is 14.4 Å². The first-order valence-electron chi connectivity index (χ1n) is 28.1. The van der Waals surface area contributed by atoms with Gasteiger partial charge in [0.15, 0.2) is 6.10 Å². The van der Waals surface area contributed by atoms with Crippen molar-refractivity contribution in [3.05, 3.63) is 48.6 Å². The van der Waals surface area contributed by atoms with E-state index in [1.807, 2.05) is 0 Å². The third-order valence-electron chi connectivity index (χ3n) is 12.3. The number of esters is 3. The largest absolute Gasteiger partial charge is 0.462 e. The van der Waals surface area contributed by atoms with Gasteiger partial charge in [0.1, 0.15) is 13.2 Å². The summed E-state index contributed by atoms with van der Waals surface area (Å²) in [6.45, 7) is 6.60. The van der Waals surface area contributed by atoms with E-state index in [2.05, 4.69) is 69.4 Å². The SMILES string of the molecule is CCCCC/C=C\C/C=C\CCCCCCCC(=O)OC(COC(=O)CCCCCCC/C=C\CCCCCCC)COC(=O)CCCCCCCCC/C=C\CCCCCCCCC. The zero-order valence-electron chi connectivity index (χ0n) is 43.3. The molecule has 0 amide bonds. The number of carbonyl (C=O) groups is 3. The Morgan fingerprint density at radius 3 is 0.892 bits per heavy atom. The zero-order valence-corrected chi connectivity index (χ0v) is 43.3. The van der Waals surface area contributed by atoms with Crippen LogP contribution in [0.5, 0.6) is 0 Å². The molecule has 0 aromatic heterocycles. The van der Waals surface area contributed by atoms with Gasteiger partial charge in [-0.05, 0) is 103 Å². The predicted octanol–water partition coefficient (Wildman–Crippen LogP) is 18.7. The summed E-state index contributed by atoms with van der Waals surface area (Å²) in [5.41, 5.74) is 0. The summed E-state index contributed by atoms with van der Waals surface area (Å²) in [5.74, 6) is -0.898. The van der Waals surface area contributed by atoms with Crippen molar-refractivity contribution in [2.75, 3.05) is 13.2 Å². The molecule has 6 nitrogen and oxygen atoms in total. The first-order chi connectivity index (χ1) is 32.0. The summed E-state index contributed by atoms with van der Waals surface area (Å²) in [4.78, 5) is 38.1. The predicted molar refractivity (Wildman–Crippen MR) is 279 cm³/mol. The number of rotatable bonds is 51. The van der Waals surface area contributed by atoms with Gasteiger partial charge in [-0.2, -0.15) is 0 Å².